The van der Waals surface area contributed by atoms with Gasteiger partial charge in [-0.15, -0.1) is 22.7 Å². The number of aromatic nitrogens is 4. The molecule has 0 spiro atoms. The third kappa shape index (κ3) is 2.96. The molecule has 0 radical (unpaired) electrons. The highest BCUT2D eigenvalue weighted by Gasteiger charge is 2.15. The summed E-state index contributed by atoms with van der Waals surface area (Å²) in [4.78, 5) is 20.8. The van der Waals surface area contributed by atoms with Gasteiger partial charge in [0.05, 0.1) is 22.1 Å². The molecule has 3 aromatic carbocycles. The normalized spacial score (nSPS) is 11.8. The van der Waals surface area contributed by atoms with Crippen molar-refractivity contribution in [3.8, 4) is 20.9 Å². The van der Waals surface area contributed by atoms with E-state index in [-0.39, 0.29) is 0 Å². The molecule has 162 valence electrons. The molecule has 6 heteroatoms. The van der Waals surface area contributed by atoms with Gasteiger partial charge < -0.3 is 0 Å². The average Bonchev–Trinajstić information content (AvgIpc) is 3.46. The van der Waals surface area contributed by atoms with Crippen molar-refractivity contribution < 1.29 is 0 Å². The summed E-state index contributed by atoms with van der Waals surface area (Å²) in [7, 11) is 0. The summed E-state index contributed by atoms with van der Waals surface area (Å²) in [6.45, 7) is 4.17. The zero-order valence-electron chi connectivity index (χ0n) is 18.5. The molecular formula is C28H18N4S2. The van der Waals surface area contributed by atoms with Crippen molar-refractivity contribution in [1.29, 1.82) is 0 Å². The summed E-state index contributed by atoms with van der Waals surface area (Å²) in [6.07, 6.45) is 7.07. The number of aryl methyl sites for hydroxylation is 2. The van der Waals surface area contributed by atoms with Gasteiger partial charge in [0.15, 0.2) is 0 Å². The van der Waals surface area contributed by atoms with E-state index in [0.717, 1.165) is 44.3 Å². The van der Waals surface area contributed by atoms with Crippen LogP contribution >= 0.6 is 22.7 Å². The first-order valence-corrected chi connectivity index (χ1v) is 12.7. The van der Waals surface area contributed by atoms with Crippen LogP contribution in [0.25, 0.3) is 63.1 Å². The zero-order chi connectivity index (χ0) is 22.8. The lowest BCUT2D eigenvalue weighted by molar-refractivity contribution is 1.27. The summed E-state index contributed by atoms with van der Waals surface area (Å²) in [5, 5.41) is 2.51. The number of rotatable bonds is 2. The van der Waals surface area contributed by atoms with E-state index in [1.54, 1.807) is 24.8 Å². The number of benzene rings is 3. The Morgan fingerprint density at radius 2 is 0.912 bits per heavy atom. The van der Waals surface area contributed by atoms with E-state index in [2.05, 4.69) is 82.3 Å². The van der Waals surface area contributed by atoms with Crippen LogP contribution < -0.4 is 0 Å². The molecule has 0 N–H and O–H groups in total. The SMILES string of the molecule is Cc1ccc(-c2cc3cc4sc(-c5ccc(C)c6nccnc56)cc4cc3s2)c2nccnc12. The molecule has 0 amide bonds. The van der Waals surface area contributed by atoms with Crippen LogP contribution in [0.4, 0.5) is 0 Å². The van der Waals surface area contributed by atoms with Gasteiger partial charge in [-0.05, 0) is 60.0 Å². The van der Waals surface area contributed by atoms with Crippen LogP contribution in [0.3, 0.4) is 0 Å². The van der Waals surface area contributed by atoms with E-state index in [9.17, 15) is 0 Å². The Balaban J connectivity index is 1.38. The molecule has 4 nitrogen and oxygen atoms in total. The van der Waals surface area contributed by atoms with E-state index < -0.39 is 0 Å². The Labute approximate surface area is 203 Å². The van der Waals surface area contributed by atoms with Gasteiger partial charge in [0.2, 0.25) is 0 Å². The minimum Gasteiger partial charge on any atom is -0.253 e. The summed E-state index contributed by atoms with van der Waals surface area (Å²) in [5.74, 6) is 0. The van der Waals surface area contributed by atoms with Gasteiger partial charge >= 0.3 is 0 Å². The Morgan fingerprint density at radius 3 is 1.35 bits per heavy atom. The maximum Gasteiger partial charge on any atom is 0.0975 e. The smallest absolute Gasteiger partial charge is 0.0975 e. The largest absolute Gasteiger partial charge is 0.253 e. The summed E-state index contributed by atoms with van der Waals surface area (Å²) >= 11 is 3.62. The Bertz CT molecular complexity index is 1710. The van der Waals surface area contributed by atoms with Crippen LogP contribution in [0.5, 0.6) is 0 Å². The van der Waals surface area contributed by atoms with Crippen LogP contribution in [-0.4, -0.2) is 19.9 Å². The van der Waals surface area contributed by atoms with Gasteiger partial charge in [-0.3, -0.25) is 19.9 Å². The molecule has 0 unspecified atom stereocenters. The molecule has 0 atom stereocenters. The summed E-state index contributed by atoms with van der Waals surface area (Å²) in [6, 6.07) is 17.8. The molecule has 0 aliphatic heterocycles. The first-order chi connectivity index (χ1) is 16.7. The van der Waals surface area contributed by atoms with Gasteiger partial charge in [-0.25, -0.2) is 0 Å². The van der Waals surface area contributed by atoms with Crippen molar-refractivity contribution in [3.63, 3.8) is 0 Å². The quantitative estimate of drug-likeness (QED) is 0.255. The fraction of sp³-hybridized carbons (Fsp3) is 0.0714. The standard InChI is InChI=1S/C28H18N4S2/c1-15-3-5-19(27-25(15)29-7-9-31-27)23-13-17-11-22-18(12-21(17)33-23)14-24(34-22)20-6-4-16(2)26-28(20)32-10-8-30-26/h3-14H,1-2H3. The molecule has 7 aromatic rings. The molecule has 0 saturated heterocycles. The highest BCUT2D eigenvalue weighted by atomic mass is 32.1. The second-order valence-corrected chi connectivity index (χ2v) is 10.7. The lowest BCUT2D eigenvalue weighted by atomic mass is 10.1. The maximum absolute atomic E-state index is 4.65. The molecule has 7 rings (SSSR count). The molecule has 0 aliphatic carbocycles. The Hall–Kier alpha value is -3.74. The molecule has 34 heavy (non-hydrogen) atoms. The molecular weight excluding hydrogens is 456 g/mol. The van der Waals surface area contributed by atoms with Crippen LogP contribution in [0.1, 0.15) is 11.1 Å². The zero-order valence-corrected chi connectivity index (χ0v) is 20.2. The molecule has 0 bridgehead atoms. The second kappa shape index (κ2) is 7.38. The summed E-state index contributed by atoms with van der Waals surface area (Å²) in [5.41, 5.74) is 8.44. The van der Waals surface area contributed by atoms with Gasteiger partial charge in [0.25, 0.3) is 0 Å². The highest BCUT2D eigenvalue weighted by Crippen LogP contribution is 2.42. The van der Waals surface area contributed by atoms with Crippen LogP contribution in [0.2, 0.25) is 0 Å². The van der Waals surface area contributed by atoms with Crippen molar-refractivity contribution in [1.82, 2.24) is 19.9 Å². The van der Waals surface area contributed by atoms with Crippen molar-refractivity contribution in [2.24, 2.45) is 0 Å². The maximum atomic E-state index is 4.65. The molecule has 0 aliphatic rings. The van der Waals surface area contributed by atoms with Crippen molar-refractivity contribution in [2.45, 2.75) is 13.8 Å². The predicted octanol–water partition coefficient (Wildman–Crippen LogP) is 7.95. The van der Waals surface area contributed by atoms with E-state index >= 15 is 0 Å². The number of nitrogens with zero attached hydrogens (tertiary/aromatic N) is 4. The fourth-order valence-corrected chi connectivity index (χ4v) is 6.85. The third-order valence-electron chi connectivity index (χ3n) is 6.34. The predicted molar refractivity (Wildman–Crippen MR) is 144 cm³/mol. The number of hydrogen-bond donors (Lipinski definition) is 0. The number of thiophene rings is 2. The molecule has 4 aromatic heterocycles. The third-order valence-corrected chi connectivity index (χ3v) is 8.60. The van der Waals surface area contributed by atoms with Crippen molar-refractivity contribution in [3.05, 3.63) is 84.4 Å². The van der Waals surface area contributed by atoms with Crippen LogP contribution in [-0.2, 0) is 0 Å². The van der Waals surface area contributed by atoms with Crippen molar-refractivity contribution in [2.75, 3.05) is 0 Å². The second-order valence-electron chi connectivity index (χ2n) is 8.52. The highest BCUT2D eigenvalue weighted by molar-refractivity contribution is 7.24. The molecule has 4 heterocycles. The van der Waals surface area contributed by atoms with E-state index in [0.29, 0.717) is 0 Å². The lowest BCUT2D eigenvalue weighted by Crippen LogP contribution is -1.88. The van der Waals surface area contributed by atoms with Gasteiger partial charge in [-0.1, -0.05) is 24.3 Å². The Kier molecular flexibility index (Phi) is 4.28. The Morgan fingerprint density at radius 1 is 0.500 bits per heavy atom. The van der Waals surface area contributed by atoms with Crippen LogP contribution in [0.15, 0.2) is 73.3 Å². The minimum absolute atomic E-state index is 0.963. The van der Waals surface area contributed by atoms with E-state index in [4.69, 9.17) is 0 Å². The number of hydrogen-bond acceptors (Lipinski definition) is 6. The molecule has 0 saturated carbocycles. The number of fused-ring (bicyclic) bond motifs is 4. The van der Waals surface area contributed by atoms with Crippen LogP contribution in [0, 0.1) is 13.8 Å². The topological polar surface area (TPSA) is 51.6 Å². The van der Waals surface area contributed by atoms with Gasteiger partial charge in [0, 0.05) is 55.1 Å². The van der Waals surface area contributed by atoms with Gasteiger partial charge in [-0.2, -0.15) is 0 Å². The van der Waals surface area contributed by atoms with Gasteiger partial charge in [0.1, 0.15) is 0 Å². The first kappa shape index (κ1) is 19.7. The average molecular weight is 475 g/mol. The fourth-order valence-electron chi connectivity index (χ4n) is 4.62. The monoisotopic (exact) mass is 474 g/mol. The lowest BCUT2D eigenvalue weighted by Gasteiger charge is -2.05. The van der Waals surface area contributed by atoms with Crippen molar-refractivity contribution >= 4 is 64.9 Å². The summed E-state index contributed by atoms with van der Waals surface area (Å²) < 4.78 is 2.55. The van der Waals surface area contributed by atoms with E-state index in [1.165, 1.54) is 29.9 Å². The van der Waals surface area contributed by atoms with E-state index in [1.807, 2.05) is 22.7 Å². The molecule has 0 fully saturated rings. The first-order valence-electron chi connectivity index (χ1n) is 11.0. The minimum atomic E-state index is 0.963.